The van der Waals surface area contributed by atoms with E-state index in [0.717, 1.165) is 23.5 Å². The average Bonchev–Trinajstić information content (AvgIpc) is 2.87. The topological polar surface area (TPSA) is 68.3 Å². The Balaban J connectivity index is 2.11. The molecule has 0 aliphatic rings. The lowest BCUT2D eigenvalue weighted by Crippen LogP contribution is -2.14. The first-order valence-corrected chi connectivity index (χ1v) is 6.78. The molecule has 1 N–H and O–H groups in total. The fraction of sp³-hybridized carbons (Fsp3) is 0.154. The van der Waals surface area contributed by atoms with Crippen LogP contribution in [-0.2, 0) is 4.74 Å². The second-order valence-electron chi connectivity index (χ2n) is 3.84. The van der Waals surface area contributed by atoms with Crippen LogP contribution in [0.2, 0.25) is 0 Å². The molecule has 0 fully saturated rings. The first-order valence-electron chi connectivity index (χ1n) is 5.90. The minimum atomic E-state index is -0.977. The molecule has 0 aliphatic heterocycles. The van der Waals surface area contributed by atoms with Crippen LogP contribution in [0.3, 0.4) is 0 Å². The Kier molecular flexibility index (Phi) is 4.59. The Bertz CT molecular complexity index is 688. The summed E-state index contributed by atoms with van der Waals surface area (Å²) in [7, 11) is 0. The Hall–Kier alpha value is -2.35. The number of ether oxygens (including phenoxy) is 1. The van der Waals surface area contributed by atoms with Crippen molar-refractivity contribution in [2.24, 2.45) is 0 Å². The highest BCUT2D eigenvalue weighted by Gasteiger charge is 2.16. The number of benzene rings is 1. The summed E-state index contributed by atoms with van der Waals surface area (Å²) in [5.41, 5.74) is -0.263. The summed E-state index contributed by atoms with van der Waals surface area (Å²) >= 11 is 0.995. The van der Waals surface area contributed by atoms with Gasteiger partial charge in [-0.3, -0.25) is 10.1 Å². The maximum Gasteiger partial charge on any atom is 0.357 e. The van der Waals surface area contributed by atoms with Gasteiger partial charge in [-0.1, -0.05) is 0 Å². The van der Waals surface area contributed by atoms with Gasteiger partial charge in [-0.05, 0) is 19.1 Å². The third-order valence-electron chi connectivity index (χ3n) is 2.38. The van der Waals surface area contributed by atoms with Gasteiger partial charge in [-0.15, -0.1) is 11.3 Å². The SMILES string of the molecule is CCOC(=O)c1csc(NC(=O)c2ccc(F)cc2F)n1. The van der Waals surface area contributed by atoms with Gasteiger partial charge in [-0.25, -0.2) is 18.6 Å². The molecule has 1 heterocycles. The van der Waals surface area contributed by atoms with Crippen molar-refractivity contribution in [2.45, 2.75) is 6.92 Å². The van der Waals surface area contributed by atoms with Crippen molar-refractivity contribution in [1.82, 2.24) is 4.98 Å². The van der Waals surface area contributed by atoms with Gasteiger partial charge in [-0.2, -0.15) is 0 Å². The predicted molar refractivity (Wildman–Crippen MR) is 72.4 cm³/mol. The summed E-state index contributed by atoms with van der Waals surface area (Å²) in [6.45, 7) is 1.86. The number of rotatable bonds is 4. The molecule has 2 rings (SSSR count). The van der Waals surface area contributed by atoms with Gasteiger partial charge in [0.1, 0.15) is 11.6 Å². The lowest BCUT2D eigenvalue weighted by molar-refractivity contribution is 0.0520. The Morgan fingerprint density at radius 3 is 2.81 bits per heavy atom. The molecule has 0 saturated heterocycles. The summed E-state index contributed by atoms with van der Waals surface area (Å²) in [6, 6.07) is 2.62. The van der Waals surface area contributed by atoms with Crippen molar-refractivity contribution in [2.75, 3.05) is 11.9 Å². The number of thiazole rings is 1. The number of nitrogens with one attached hydrogen (secondary N) is 1. The number of anilines is 1. The van der Waals surface area contributed by atoms with Crippen LogP contribution in [0, 0.1) is 11.6 Å². The summed E-state index contributed by atoms with van der Waals surface area (Å²) < 4.78 is 31.0. The molecule has 0 unspecified atom stereocenters. The number of esters is 1. The van der Waals surface area contributed by atoms with Crippen LogP contribution >= 0.6 is 11.3 Å². The quantitative estimate of drug-likeness (QED) is 0.882. The molecule has 1 amide bonds. The van der Waals surface area contributed by atoms with E-state index in [9.17, 15) is 18.4 Å². The van der Waals surface area contributed by atoms with Crippen LogP contribution in [0.25, 0.3) is 0 Å². The first-order chi connectivity index (χ1) is 10.0. The Labute approximate surface area is 122 Å². The summed E-state index contributed by atoms with van der Waals surface area (Å²) in [4.78, 5) is 27.1. The molecule has 0 atom stereocenters. The number of hydrogen-bond donors (Lipinski definition) is 1. The molecule has 0 radical (unpaired) electrons. The number of aromatic nitrogens is 1. The third kappa shape index (κ3) is 3.60. The van der Waals surface area contributed by atoms with E-state index >= 15 is 0 Å². The first kappa shape index (κ1) is 15.0. The maximum atomic E-state index is 13.4. The number of hydrogen-bond acceptors (Lipinski definition) is 5. The van der Waals surface area contributed by atoms with E-state index in [0.29, 0.717) is 6.07 Å². The molecule has 8 heteroatoms. The summed E-state index contributed by atoms with van der Waals surface area (Å²) in [6.07, 6.45) is 0. The summed E-state index contributed by atoms with van der Waals surface area (Å²) in [5, 5.41) is 3.86. The molecular weight excluding hydrogens is 302 g/mol. The third-order valence-corrected chi connectivity index (χ3v) is 3.14. The van der Waals surface area contributed by atoms with E-state index in [2.05, 4.69) is 10.3 Å². The fourth-order valence-electron chi connectivity index (χ4n) is 1.47. The number of nitrogens with zero attached hydrogens (tertiary/aromatic N) is 1. The monoisotopic (exact) mass is 312 g/mol. The highest BCUT2D eigenvalue weighted by molar-refractivity contribution is 7.14. The van der Waals surface area contributed by atoms with E-state index in [-0.39, 0.29) is 23.0 Å². The van der Waals surface area contributed by atoms with E-state index < -0.39 is 23.5 Å². The molecule has 1 aromatic carbocycles. The van der Waals surface area contributed by atoms with Crippen LogP contribution in [0.15, 0.2) is 23.6 Å². The van der Waals surface area contributed by atoms with Crippen molar-refractivity contribution < 1.29 is 23.1 Å². The predicted octanol–water partition coefficient (Wildman–Crippen LogP) is 2.85. The maximum absolute atomic E-state index is 13.4. The zero-order chi connectivity index (χ0) is 15.4. The molecule has 110 valence electrons. The Morgan fingerprint density at radius 1 is 1.38 bits per heavy atom. The van der Waals surface area contributed by atoms with Crippen LogP contribution in [-0.4, -0.2) is 23.5 Å². The van der Waals surface area contributed by atoms with E-state index in [4.69, 9.17) is 4.74 Å². The van der Waals surface area contributed by atoms with Gasteiger partial charge in [0.15, 0.2) is 10.8 Å². The van der Waals surface area contributed by atoms with Crippen molar-refractivity contribution in [3.05, 3.63) is 46.5 Å². The zero-order valence-corrected chi connectivity index (χ0v) is 11.7. The molecular formula is C13H10F2N2O3S. The standard InChI is InChI=1S/C13H10F2N2O3S/c1-2-20-12(19)10-6-21-13(16-10)17-11(18)8-4-3-7(14)5-9(8)15/h3-6H,2H2,1H3,(H,16,17,18). The zero-order valence-electron chi connectivity index (χ0n) is 10.9. The lowest BCUT2D eigenvalue weighted by atomic mass is 10.2. The van der Waals surface area contributed by atoms with E-state index in [1.165, 1.54) is 5.38 Å². The van der Waals surface area contributed by atoms with Gasteiger partial charge in [0.25, 0.3) is 5.91 Å². The van der Waals surface area contributed by atoms with Crippen LogP contribution in [0.4, 0.5) is 13.9 Å². The molecule has 5 nitrogen and oxygen atoms in total. The van der Waals surface area contributed by atoms with Crippen LogP contribution < -0.4 is 5.32 Å². The normalized spacial score (nSPS) is 10.2. The lowest BCUT2D eigenvalue weighted by Gasteiger charge is -2.03. The molecule has 1 aromatic heterocycles. The van der Waals surface area contributed by atoms with Crippen molar-refractivity contribution in [3.63, 3.8) is 0 Å². The highest BCUT2D eigenvalue weighted by Crippen LogP contribution is 2.18. The highest BCUT2D eigenvalue weighted by atomic mass is 32.1. The molecule has 0 saturated carbocycles. The number of carbonyl (C=O) groups excluding carboxylic acids is 2. The van der Waals surface area contributed by atoms with Crippen molar-refractivity contribution in [1.29, 1.82) is 0 Å². The van der Waals surface area contributed by atoms with Crippen LogP contribution in [0.1, 0.15) is 27.8 Å². The molecule has 21 heavy (non-hydrogen) atoms. The number of carbonyl (C=O) groups is 2. The van der Waals surface area contributed by atoms with E-state index in [1.807, 2.05) is 0 Å². The molecule has 2 aromatic rings. The van der Waals surface area contributed by atoms with Crippen molar-refractivity contribution in [3.8, 4) is 0 Å². The van der Waals surface area contributed by atoms with Crippen LogP contribution in [0.5, 0.6) is 0 Å². The molecule has 0 aliphatic carbocycles. The smallest absolute Gasteiger partial charge is 0.357 e. The fourth-order valence-corrected chi connectivity index (χ4v) is 2.14. The second kappa shape index (κ2) is 6.40. The summed E-state index contributed by atoms with van der Waals surface area (Å²) in [5.74, 6) is -3.14. The molecule has 0 spiro atoms. The molecule has 0 bridgehead atoms. The van der Waals surface area contributed by atoms with Gasteiger partial charge >= 0.3 is 5.97 Å². The Morgan fingerprint density at radius 2 is 2.14 bits per heavy atom. The average molecular weight is 312 g/mol. The van der Waals surface area contributed by atoms with Gasteiger partial charge in [0.2, 0.25) is 0 Å². The van der Waals surface area contributed by atoms with Gasteiger partial charge in [0.05, 0.1) is 12.2 Å². The minimum Gasteiger partial charge on any atom is -0.461 e. The number of halogens is 2. The van der Waals surface area contributed by atoms with Gasteiger partial charge < -0.3 is 4.74 Å². The number of amides is 1. The second-order valence-corrected chi connectivity index (χ2v) is 4.69. The largest absolute Gasteiger partial charge is 0.461 e. The van der Waals surface area contributed by atoms with E-state index in [1.54, 1.807) is 6.92 Å². The minimum absolute atomic E-state index is 0.0525. The van der Waals surface area contributed by atoms with Gasteiger partial charge in [0, 0.05) is 11.4 Å². The van der Waals surface area contributed by atoms with Crippen molar-refractivity contribution >= 4 is 28.3 Å².